The first-order valence-electron chi connectivity index (χ1n) is 19.4. The van der Waals surface area contributed by atoms with Gasteiger partial charge in [-0.3, -0.25) is 9.55 Å². The number of imidazole rings is 1. The molecule has 0 atom stereocenters. The first-order chi connectivity index (χ1) is 25.7. The van der Waals surface area contributed by atoms with Crippen molar-refractivity contribution >= 4 is 42.5 Å². The Morgan fingerprint density at radius 2 is 1.29 bits per heavy atom. The van der Waals surface area contributed by atoms with Crippen molar-refractivity contribution in [3.05, 3.63) is 138 Å². The molecule has 4 heteroatoms. The van der Waals surface area contributed by atoms with E-state index in [4.69, 9.17) is 13.2 Å². The molecule has 5 aromatic carbocycles. The molecule has 0 aliphatic carbocycles. The summed E-state index contributed by atoms with van der Waals surface area (Å²) in [4.78, 5) is 9.52. The van der Waals surface area contributed by atoms with E-state index in [2.05, 4.69) is 105 Å². The summed E-state index contributed by atoms with van der Waals surface area (Å²) in [5.41, 5.74) is 8.34. The maximum absolute atomic E-state index is 8.60. The van der Waals surface area contributed by atoms with Crippen molar-refractivity contribution in [2.24, 2.45) is 0 Å². The first kappa shape index (κ1) is 24.1. The molecule has 0 saturated carbocycles. The highest BCUT2D eigenvalue weighted by atomic mass is 32.1. The van der Waals surface area contributed by atoms with E-state index in [1.54, 1.807) is 11.3 Å². The number of benzene rings is 5. The zero-order valence-corrected chi connectivity index (χ0v) is 28.2. The second-order valence-electron chi connectivity index (χ2n) is 13.0. The molecule has 3 nitrogen and oxygen atoms in total. The van der Waals surface area contributed by atoms with Gasteiger partial charge in [0.1, 0.15) is 5.82 Å². The van der Waals surface area contributed by atoms with E-state index in [-0.39, 0.29) is 28.7 Å². The minimum absolute atomic E-state index is 0.0927. The smallest absolute Gasteiger partial charge is 0.147 e. The first-order valence-corrected chi connectivity index (χ1v) is 17.2. The van der Waals surface area contributed by atoms with Crippen molar-refractivity contribution in [3.63, 3.8) is 0 Å². The van der Waals surface area contributed by atoms with Crippen LogP contribution in [0.5, 0.6) is 0 Å². The van der Waals surface area contributed by atoms with Crippen LogP contribution in [0.3, 0.4) is 0 Å². The van der Waals surface area contributed by atoms with Crippen molar-refractivity contribution in [1.29, 1.82) is 0 Å². The summed E-state index contributed by atoms with van der Waals surface area (Å²) >= 11 is 1.67. The molecule has 0 bridgehead atoms. The van der Waals surface area contributed by atoms with Crippen LogP contribution in [0.1, 0.15) is 70.3 Å². The fourth-order valence-corrected chi connectivity index (χ4v) is 8.10. The fourth-order valence-electron chi connectivity index (χ4n) is 6.91. The van der Waals surface area contributed by atoms with E-state index in [1.165, 1.54) is 11.6 Å². The minimum Gasteiger partial charge on any atom is -0.290 e. The molecule has 8 rings (SSSR count). The average Bonchev–Trinajstić information content (AvgIpc) is 3.72. The van der Waals surface area contributed by atoms with Crippen LogP contribution in [0.2, 0.25) is 0 Å². The second-order valence-corrected chi connectivity index (χ2v) is 14.1. The van der Waals surface area contributed by atoms with Crippen LogP contribution in [0.25, 0.3) is 70.5 Å². The molecule has 8 aromatic rings. The highest BCUT2D eigenvalue weighted by Gasteiger charge is 2.25. The van der Waals surface area contributed by atoms with Crippen molar-refractivity contribution in [2.45, 2.75) is 53.2 Å². The Hall–Kier alpha value is -5.06. The van der Waals surface area contributed by atoms with Gasteiger partial charge in [-0.15, -0.1) is 11.3 Å². The Bertz CT molecular complexity index is 2660. The molecule has 236 valence electrons. The number of nitrogens with zero attached hydrogens (tertiary/aromatic N) is 3. The van der Waals surface area contributed by atoms with Crippen LogP contribution in [0.4, 0.5) is 0 Å². The van der Waals surface area contributed by atoms with Gasteiger partial charge in [0.05, 0.1) is 22.4 Å². The monoisotopic (exact) mass is 647 g/mol. The predicted molar refractivity (Wildman–Crippen MR) is 206 cm³/mol. The van der Waals surface area contributed by atoms with Crippen LogP contribution in [-0.4, -0.2) is 14.5 Å². The SMILES string of the molecule is [2H]C([2H])([2H])c1cc2nc(-c3cccc4c3sc3ccc(-c5ccc(-c6ccccc6)cc5)cc34)n(-c3c(C(C)C)cccc3C(C)C)c2c(C([2H])([2H])[2H])n1. The van der Waals surface area contributed by atoms with E-state index < -0.39 is 13.7 Å². The zero-order chi connectivity index (χ0) is 38.1. The standard InChI is InChI=1S/C44H39N3S/c1-26(2)34-14-10-15-35(27(3)4)42(34)47-41-29(6)45-28(5)24-39(41)46-44(47)37-17-11-16-36-38-25-33(22-23-40(38)48-43(36)37)32-20-18-31(19-21-32)30-12-8-7-9-13-30/h7-27H,1-6H3/i5D3,6D3. The number of aryl methyl sites for hydroxylation is 2. The molecule has 0 fully saturated rings. The minimum atomic E-state index is -2.71. The fraction of sp³-hybridized carbons (Fsp3) is 0.182. The number of hydrogen-bond acceptors (Lipinski definition) is 3. The number of rotatable bonds is 6. The van der Waals surface area contributed by atoms with Gasteiger partial charge in [0.15, 0.2) is 0 Å². The Kier molecular flexibility index (Phi) is 5.97. The molecule has 0 spiro atoms. The zero-order valence-electron chi connectivity index (χ0n) is 33.4. The topological polar surface area (TPSA) is 30.7 Å². The quantitative estimate of drug-likeness (QED) is 0.180. The van der Waals surface area contributed by atoms with Crippen LogP contribution >= 0.6 is 11.3 Å². The van der Waals surface area contributed by atoms with E-state index in [0.717, 1.165) is 59.2 Å². The third-order valence-corrected chi connectivity index (χ3v) is 10.5. The van der Waals surface area contributed by atoms with Crippen molar-refractivity contribution < 1.29 is 8.22 Å². The molecule has 3 aromatic heterocycles. The van der Waals surface area contributed by atoms with Gasteiger partial charge in [-0.2, -0.15) is 0 Å². The number of pyridine rings is 1. The maximum atomic E-state index is 8.60. The molecule has 0 aliphatic rings. The Labute approximate surface area is 295 Å². The number of hydrogen-bond donors (Lipinski definition) is 0. The Morgan fingerprint density at radius 3 is 1.98 bits per heavy atom. The summed E-state index contributed by atoms with van der Waals surface area (Å²) < 4.78 is 54.4. The highest BCUT2D eigenvalue weighted by molar-refractivity contribution is 7.26. The summed E-state index contributed by atoms with van der Waals surface area (Å²) in [6.07, 6.45) is 0. The van der Waals surface area contributed by atoms with E-state index in [9.17, 15) is 0 Å². The van der Waals surface area contributed by atoms with Crippen molar-refractivity contribution in [1.82, 2.24) is 14.5 Å². The molecule has 0 saturated heterocycles. The molecule has 0 amide bonds. The Balaban J connectivity index is 1.40. The van der Waals surface area contributed by atoms with Crippen LogP contribution in [0.15, 0.2) is 115 Å². The Morgan fingerprint density at radius 1 is 0.625 bits per heavy atom. The lowest BCUT2D eigenvalue weighted by molar-refractivity contribution is 0.810. The van der Waals surface area contributed by atoms with Crippen molar-refractivity contribution in [2.75, 3.05) is 0 Å². The van der Waals surface area contributed by atoms with Crippen LogP contribution in [-0.2, 0) is 0 Å². The van der Waals surface area contributed by atoms with Crippen LogP contribution < -0.4 is 0 Å². The number of aromatic nitrogens is 3. The van der Waals surface area contributed by atoms with Gasteiger partial charge in [0.25, 0.3) is 0 Å². The third-order valence-electron chi connectivity index (χ3n) is 9.26. The molecule has 0 N–H and O–H groups in total. The van der Waals surface area contributed by atoms with Gasteiger partial charge in [0.2, 0.25) is 0 Å². The number of para-hydroxylation sites is 1. The van der Waals surface area contributed by atoms with Gasteiger partial charge < -0.3 is 0 Å². The summed E-state index contributed by atoms with van der Waals surface area (Å²) in [6, 6.07) is 39.3. The number of thiophene rings is 1. The largest absolute Gasteiger partial charge is 0.290 e. The highest BCUT2D eigenvalue weighted by Crippen LogP contribution is 2.44. The number of fused-ring (bicyclic) bond motifs is 4. The lowest BCUT2D eigenvalue weighted by atomic mass is 9.92. The lowest BCUT2D eigenvalue weighted by Crippen LogP contribution is -2.09. The predicted octanol–water partition coefficient (Wildman–Crippen LogP) is 12.7. The molecule has 0 unspecified atom stereocenters. The summed E-state index contributed by atoms with van der Waals surface area (Å²) in [5.74, 6) is 0.731. The second kappa shape index (κ2) is 11.9. The lowest BCUT2D eigenvalue weighted by Gasteiger charge is -2.23. The van der Waals surface area contributed by atoms with E-state index >= 15 is 0 Å². The summed E-state index contributed by atoms with van der Waals surface area (Å²) in [5, 5.41) is 2.18. The van der Waals surface area contributed by atoms with E-state index in [0.29, 0.717) is 11.3 Å². The summed E-state index contributed by atoms with van der Waals surface area (Å²) in [7, 11) is 0. The molecule has 3 heterocycles. The van der Waals surface area contributed by atoms with Gasteiger partial charge in [-0.25, -0.2) is 4.98 Å². The average molecular weight is 648 g/mol. The van der Waals surface area contributed by atoms with Crippen LogP contribution in [0, 0.1) is 13.7 Å². The van der Waals surface area contributed by atoms with Gasteiger partial charge in [-0.05, 0) is 83.2 Å². The van der Waals surface area contributed by atoms with Crippen molar-refractivity contribution in [3.8, 4) is 39.3 Å². The van der Waals surface area contributed by atoms with E-state index in [1.807, 2.05) is 41.0 Å². The molecule has 0 radical (unpaired) electrons. The molecule has 0 aliphatic heterocycles. The third kappa shape index (κ3) is 5.03. The summed E-state index contributed by atoms with van der Waals surface area (Å²) in [6.45, 7) is 3.16. The van der Waals surface area contributed by atoms with Gasteiger partial charge in [-0.1, -0.05) is 119 Å². The maximum Gasteiger partial charge on any atom is 0.147 e. The molecule has 48 heavy (non-hydrogen) atoms. The van der Waals surface area contributed by atoms with Gasteiger partial charge >= 0.3 is 0 Å². The van der Waals surface area contributed by atoms with Gasteiger partial charge in [0, 0.05) is 39.7 Å². The normalized spacial score (nSPS) is 14.3. The molecular weight excluding hydrogens is 603 g/mol. The molecular formula is C44H39N3S.